The third-order valence-corrected chi connectivity index (χ3v) is 3.79. The molecule has 0 unspecified atom stereocenters. The third kappa shape index (κ3) is 3.58. The van der Waals surface area contributed by atoms with Crippen molar-refractivity contribution in [1.29, 1.82) is 0 Å². The molecule has 1 heterocycles. The molecule has 0 bridgehead atoms. The molecule has 1 aromatic rings. The minimum absolute atomic E-state index is 0.649. The van der Waals surface area contributed by atoms with Crippen LogP contribution in [0.1, 0.15) is 5.56 Å². The van der Waals surface area contributed by atoms with Crippen LogP contribution in [0, 0.1) is 6.92 Å². The van der Waals surface area contributed by atoms with E-state index in [1.165, 1.54) is 0 Å². The Morgan fingerprint density at radius 1 is 1.37 bits per heavy atom. The van der Waals surface area contributed by atoms with Gasteiger partial charge in [-0.2, -0.15) is 0 Å². The van der Waals surface area contributed by atoms with E-state index in [2.05, 4.69) is 5.32 Å². The SMILES string of the molecule is Cc1ccc(NC(=S)N2CCN(C=O)CC2)c(Cl)c1. The number of hydrogen-bond acceptors (Lipinski definition) is 2. The van der Waals surface area contributed by atoms with E-state index in [0.29, 0.717) is 23.2 Å². The number of anilines is 1. The summed E-state index contributed by atoms with van der Waals surface area (Å²) >= 11 is 11.5. The van der Waals surface area contributed by atoms with Crippen molar-refractivity contribution in [3.8, 4) is 0 Å². The Labute approximate surface area is 123 Å². The average molecular weight is 298 g/mol. The van der Waals surface area contributed by atoms with Gasteiger partial charge in [-0.25, -0.2) is 0 Å². The van der Waals surface area contributed by atoms with Gasteiger partial charge in [-0.3, -0.25) is 4.79 Å². The quantitative estimate of drug-likeness (QED) is 0.670. The molecule has 0 radical (unpaired) electrons. The topological polar surface area (TPSA) is 35.6 Å². The number of nitrogens with one attached hydrogen (secondary N) is 1. The first kappa shape index (κ1) is 14.1. The van der Waals surface area contributed by atoms with Crippen LogP contribution in [0.4, 0.5) is 5.69 Å². The van der Waals surface area contributed by atoms with E-state index in [4.69, 9.17) is 23.8 Å². The van der Waals surface area contributed by atoms with E-state index in [1.807, 2.05) is 30.0 Å². The molecule has 1 aromatic carbocycles. The van der Waals surface area contributed by atoms with Crippen molar-refractivity contribution in [3.05, 3.63) is 28.8 Å². The highest BCUT2D eigenvalue weighted by Gasteiger charge is 2.18. The Morgan fingerprint density at radius 3 is 2.63 bits per heavy atom. The van der Waals surface area contributed by atoms with Crippen molar-refractivity contribution in [1.82, 2.24) is 9.80 Å². The molecule has 1 amide bonds. The number of thiocarbonyl (C=S) groups is 1. The van der Waals surface area contributed by atoms with E-state index in [9.17, 15) is 4.79 Å². The lowest BCUT2D eigenvalue weighted by Crippen LogP contribution is -2.49. The van der Waals surface area contributed by atoms with Gasteiger partial charge >= 0.3 is 0 Å². The van der Waals surface area contributed by atoms with Crippen molar-refractivity contribution in [2.24, 2.45) is 0 Å². The highest BCUT2D eigenvalue weighted by molar-refractivity contribution is 7.80. The number of piperazine rings is 1. The average Bonchev–Trinajstić information content (AvgIpc) is 2.42. The minimum atomic E-state index is 0.649. The lowest BCUT2D eigenvalue weighted by molar-refractivity contribution is -0.119. The first-order chi connectivity index (χ1) is 9.10. The molecule has 1 N–H and O–H groups in total. The summed E-state index contributed by atoms with van der Waals surface area (Å²) in [6.45, 7) is 4.88. The molecular weight excluding hydrogens is 282 g/mol. The zero-order chi connectivity index (χ0) is 13.8. The maximum absolute atomic E-state index is 10.6. The largest absolute Gasteiger partial charge is 0.345 e. The molecule has 0 saturated carbocycles. The van der Waals surface area contributed by atoms with Gasteiger partial charge in [-0.1, -0.05) is 17.7 Å². The summed E-state index contributed by atoms with van der Waals surface area (Å²) in [4.78, 5) is 14.4. The summed E-state index contributed by atoms with van der Waals surface area (Å²) in [6.07, 6.45) is 0.880. The fourth-order valence-corrected chi connectivity index (χ4v) is 2.52. The first-order valence-electron chi connectivity index (χ1n) is 6.11. The number of rotatable bonds is 2. The van der Waals surface area contributed by atoms with E-state index in [1.54, 1.807) is 4.90 Å². The first-order valence-corrected chi connectivity index (χ1v) is 6.90. The number of carbonyl (C=O) groups excluding carboxylic acids is 1. The summed E-state index contributed by atoms with van der Waals surface area (Å²) in [5.74, 6) is 0. The molecule has 0 atom stereocenters. The summed E-state index contributed by atoms with van der Waals surface area (Å²) in [5, 5.41) is 4.47. The van der Waals surface area contributed by atoms with Gasteiger partial charge in [0, 0.05) is 26.2 Å². The molecule has 0 spiro atoms. The summed E-state index contributed by atoms with van der Waals surface area (Å²) < 4.78 is 0. The molecule has 1 saturated heterocycles. The molecule has 0 aromatic heterocycles. The molecule has 1 aliphatic heterocycles. The van der Waals surface area contributed by atoms with Crippen LogP contribution < -0.4 is 5.32 Å². The Kier molecular flexibility index (Phi) is 4.61. The monoisotopic (exact) mass is 297 g/mol. The maximum Gasteiger partial charge on any atom is 0.209 e. The number of hydrogen-bond donors (Lipinski definition) is 1. The second kappa shape index (κ2) is 6.21. The van der Waals surface area contributed by atoms with Crippen LogP contribution in [-0.2, 0) is 4.79 Å². The number of aryl methyl sites for hydroxylation is 1. The Hall–Kier alpha value is -1.33. The molecule has 102 valence electrons. The molecule has 1 fully saturated rings. The molecular formula is C13H16ClN3OS. The number of benzene rings is 1. The van der Waals surface area contributed by atoms with Crippen LogP contribution in [-0.4, -0.2) is 47.5 Å². The maximum atomic E-state index is 10.6. The molecule has 2 rings (SSSR count). The number of carbonyl (C=O) groups is 1. The van der Waals surface area contributed by atoms with Crippen molar-refractivity contribution in [3.63, 3.8) is 0 Å². The minimum Gasteiger partial charge on any atom is -0.345 e. The van der Waals surface area contributed by atoms with Gasteiger partial charge in [0.05, 0.1) is 10.7 Å². The zero-order valence-corrected chi connectivity index (χ0v) is 12.3. The summed E-state index contributed by atoms with van der Waals surface area (Å²) in [5.41, 5.74) is 1.93. The molecule has 19 heavy (non-hydrogen) atoms. The molecule has 4 nitrogen and oxygen atoms in total. The van der Waals surface area contributed by atoms with Gasteiger partial charge in [0.1, 0.15) is 0 Å². The highest BCUT2D eigenvalue weighted by atomic mass is 35.5. The molecule has 0 aliphatic carbocycles. The Balaban J connectivity index is 1.96. The second-order valence-electron chi connectivity index (χ2n) is 4.54. The summed E-state index contributed by atoms with van der Waals surface area (Å²) in [7, 11) is 0. The lowest BCUT2D eigenvalue weighted by Gasteiger charge is -2.34. The number of halogens is 1. The van der Waals surface area contributed by atoms with Crippen molar-refractivity contribution in [2.75, 3.05) is 31.5 Å². The number of amides is 1. The van der Waals surface area contributed by atoms with Gasteiger partial charge in [0.25, 0.3) is 0 Å². The van der Waals surface area contributed by atoms with Crippen LogP contribution >= 0.6 is 23.8 Å². The van der Waals surface area contributed by atoms with Gasteiger partial charge < -0.3 is 15.1 Å². The van der Waals surface area contributed by atoms with Crippen LogP contribution in [0.5, 0.6) is 0 Å². The Morgan fingerprint density at radius 2 is 2.05 bits per heavy atom. The van der Waals surface area contributed by atoms with E-state index in [0.717, 1.165) is 30.8 Å². The van der Waals surface area contributed by atoms with E-state index < -0.39 is 0 Å². The van der Waals surface area contributed by atoms with Crippen LogP contribution in [0.15, 0.2) is 18.2 Å². The van der Waals surface area contributed by atoms with Crippen molar-refractivity contribution >= 4 is 41.0 Å². The fraction of sp³-hybridized carbons (Fsp3) is 0.385. The van der Waals surface area contributed by atoms with Crippen molar-refractivity contribution < 1.29 is 4.79 Å². The van der Waals surface area contributed by atoms with Gasteiger partial charge in [0.15, 0.2) is 5.11 Å². The van der Waals surface area contributed by atoms with Crippen molar-refractivity contribution in [2.45, 2.75) is 6.92 Å². The van der Waals surface area contributed by atoms with E-state index in [-0.39, 0.29) is 0 Å². The Bertz CT molecular complexity index is 487. The second-order valence-corrected chi connectivity index (χ2v) is 5.34. The van der Waals surface area contributed by atoms with Gasteiger partial charge in [-0.05, 0) is 36.8 Å². The fourth-order valence-electron chi connectivity index (χ4n) is 1.95. The molecule has 6 heteroatoms. The van der Waals surface area contributed by atoms with Crippen LogP contribution in [0.2, 0.25) is 5.02 Å². The molecule has 1 aliphatic rings. The lowest BCUT2D eigenvalue weighted by atomic mass is 10.2. The normalized spacial score (nSPS) is 15.3. The third-order valence-electron chi connectivity index (χ3n) is 3.12. The van der Waals surface area contributed by atoms with Crippen LogP contribution in [0.25, 0.3) is 0 Å². The summed E-state index contributed by atoms with van der Waals surface area (Å²) in [6, 6.07) is 5.81. The smallest absolute Gasteiger partial charge is 0.209 e. The highest BCUT2D eigenvalue weighted by Crippen LogP contribution is 2.23. The number of nitrogens with zero attached hydrogens (tertiary/aromatic N) is 2. The van der Waals surface area contributed by atoms with Gasteiger partial charge in [-0.15, -0.1) is 0 Å². The zero-order valence-electron chi connectivity index (χ0n) is 10.7. The van der Waals surface area contributed by atoms with Gasteiger partial charge in [0.2, 0.25) is 6.41 Å². The standard InChI is InChI=1S/C13H16ClN3OS/c1-10-2-3-12(11(14)8-10)15-13(19)17-6-4-16(9-18)5-7-17/h2-3,8-9H,4-7H2,1H3,(H,15,19). The van der Waals surface area contributed by atoms with Crippen LogP contribution in [0.3, 0.4) is 0 Å². The van der Waals surface area contributed by atoms with E-state index >= 15 is 0 Å². The predicted molar refractivity (Wildman–Crippen MR) is 81.6 cm³/mol. The predicted octanol–water partition coefficient (Wildman–Crippen LogP) is 2.12.